The molecule has 5 nitrogen and oxygen atoms in total. The molecule has 4 rings (SSSR count). The van der Waals surface area contributed by atoms with Crippen molar-refractivity contribution in [1.82, 2.24) is 4.31 Å². The van der Waals surface area contributed by atoms with Crippen LogP contribution in [0.1, 0.15) is 28.6 Å². The lowest BCUT2D eigenvalue weighted by Crippen LogP contribution is -2.43. The lowest BCUT2D eigenvalue weighted by atomic mass is 10.0. The first-order valence-electron chi connectivity index (χ1n) is 10.2. The van der Waals surface area contributed by atoms with Crippen LogP contribution in [0.5, 0.6) is 0 Å². The zero-order valence-electron chi connectivity index (χ0n) is 18.0. The van der Waals surface area contributed by atoms with E-state index in [4.69, 9.17) is 0 Å². The molecule has 1 aromatic heterocycles. The van der Waals surface area contributed by atoms with Gasteiger partial charge in [-0.2, -0.15) is 31.4 Å². The molecule has 1 aromatic carbocycles. The number of alkyl halides is 5. The molecule has 14 heteroatoms. The van der Waals surface area contributed by atoms with Gasteiger partial charge in [-0.15, -0.1) is 11.3 Å². The highest BCUT2D eigenvalue weighted by Crippen LogP contribution is 2.46. The number of hydrogen-bond acceptors (Lipinski definition) is 5. The third-order valence-corrected chi connectivity index (χ3v) is 8.23. The molecule has 0 amide bonds. The van der Waals surface area contributed by atoms with Crippen molar-refractivity contribution in [3.8, 4) is 0 Å². The molecule has 2 aliphatic heterocycles. The van der Waals surface area contributed by atoms with E-state index in [-0.39, 0.29) is 13.1 Å². The van der Waals surface area contributed by atoms with Gasteiger partial charge >= 0.3 is 12.1 Å². The van der Waals surface area contributed by atoms with E-state index in [0.29, 0.717) is 22.2 Å². The van der Waals surface area contributed by atoms with Crippen molar-refractivity contribution in [2.45, 2.75) is 31.0 Å². The predicted molar refractivity (Wildman–Crippen MR) is 118 cm³/mol. The topological polar surface area (TPSA) is 53.0 Å². The summed E-state index contributed by atoms with van der Waals surface area (Å²) >= 11 is 1.10. The summed E-state index contributed by atoms with van der Waals surface area (Å²) < 4.78 is 120. The van der Waals surface area contributed by atoms with Crippen molar-refractivity contribution in [3.05, 3.63) is 57.8 Å². The van der Waals surface area contributed by atoms with Crippen molar-refractivity contribution in [3.63, 3.8) is 0 Å². The number of hydrogen-bond donors (Lipinski definition) is 0. The third kappa shape index (κ3) is 4.96. The van der Waals surface area contributed by atoms with Gasteiger partial charge in [0, 0.05) is 35.3 Å². The predicted octanol–water partition coefficient (Wildman–Crippen LogP) is 5.58. The van der Waals surface area contributed by atoms with Crippen LogP contribution in [0.15, 0.2) is 41.5 Å². The first-order valence-corrected chi connectivity index (χ1v) is 12.9. The van der Waals surface area contributed by atoms with Crippen molar-refractivity contribution < 1.29 is 39.2 Å². The summed E-state index contributed by atoms with van der Waals surface area (Å²) in [7, 11) is -3.37. The minimum atomic E-state index is -5.90. The van der Waals surface area contributed by atoms with Crippen LogP contribution in [0.25, 0.3) is 5.57 Å². The summed E-state index contributed by atoms with van der Waals surface area (Å²) in [5.74, 6) is -7.35. The van der Waals surface area contributed by atoms with Gasteiger partial charge in [0.25, 0.3) is 0 Å². The third-order valence-electron chi connectivity index (χ3n) is 5.70. The summed E-state index contributed by atoms with van der Waals surface area (Å²) in [4.78, 5) is 1.01. The van der Waals surface area contributed by atoms with Crippen molar-refractivity contribution >= 4 is 38.3 Å². The number of anilines is 1. The van der Waals surface area contributed by atoms with Gasteiger partial charge < -0.3 is 0 Å². The highest BCUT2D eigenvalue weighted by atomic mass is 32.2. The van der Waals surface area contributed by atoms with Gasteiger partial charge in [-0.25, -0.2) is 17.2 Å². The maximum atomic E-state index is 14.5. The second-order valence-electron chi connectivity index (χ2n) is 8.08. The molecule has 3 heterocycles. The van der Waals surface area contributed by atoms with Crippen LogP contribution >= 0.6 is 11.3 Å². The Morgan fingerprint density at radius 2 is 1.80 bits per heavy atom. The first-order chi connectivity index (χ1) is 16.2. The molecule has 1 unspecified atom stereocenters. The van der Waals surface area contributed by atoms with E-state index in [1.807, 2.05) is 0 Å². The fourth-order valence-corrected chi connectivity index (χ4v) is 5.78. The van der Waals surface area contributed by atoms with Crippen LogP contribution in [0.4, 0.5) is 36.4 Å². The highest BCUT2D eigenvalue weighted by Gasteiger charge is 2.63. The summed E-state index contributed by atoms with van der Waals surface area (Å²) in [5.41, 5.74) is -1.13. The number of hydrazone groups is 1. The van der Waals surface area contributed by atoms with E-state index in [1.54, 1.807) is 12.1 Å². The number of sulfonamides is 1. The average molecular weight is 542 g/mol. The van der Waals surface area contributed by atoms with Crippen LogP contribution in [0.3, 0.4) is 0 Å². The number of benzene rings is 1. The minimum absolute atomic E-state index is 0.142. The molecule has 190 valence electrons. The molecule has 0 saturated heterocycles. The van der Waals surface area contributed by atoms with Crippen LogP contribution < -0.4 is 5.01 Å². The quantitative estimate of drug-likeness (QED) is 0.465. The maximum absolute atomic E-state index is 14.5. The molecule has 0 bridgehead atoms. The Balaban J connectivity index is 1.68. The zero-order valence-corrected chi connectivity index (χ0v) is 19.6. The fraction of sp³-hybridized carbons (Fsp3) is 0.381. The molecule has 35 heavy (non-hydrogen) atoms. The molecule has 2 aromatic rings. The van der Waals surface area contributed by atoms with Crippen molar-refractivity contribution in [2.24, 2.45) is 5.10 Å². The van der Waals surface area contributed by atoms with Crippen LogP contribution in [-0.4, -0.2) is 49.9 Å². The smallest absolute Gasteiger partial charge is 0.254 e. The Hall–Kier alpha value is -2.45. The van der Waals surface area contributed by atoms with Gasteiger partial charge in [-0.3, -0.25) is 5.01 Å². The average Bonchev–Trinajstić information content (AvgIpc) is 3.40. The summed E-state index contributed by atoms with van der Waals surface area (Å²) in [6.45, 7) is 0.377. The first kappa shape index (κ1) is 25.6. The Bertz CT molecular complexity index is 1300. The Morgan fingerprint density at radius 1 is 1.09 bits per heavy atom. The second-order valence-corrected chi connectivity index (χ2v) is 11.2. The van der Waals surface area contributed by atoms with E-state index in [1.165, 1.54) is 10.4 Å². The summed E-state index contributed by atoms with van der Waals surface area (Å²) in [6, 6.07) is 4.24. The molecular weight excluding hydrogens is 523 g/mol. The molecule has 0 radical (unpaired) electrons. The molecule has 0 fully saturated rings. The zero-order chi connectivity index (χ0) is 25.8. The van der Waals surface area contributed by atoms with Crippen molar-refractivity contribution in [1.29, 1.82) is 0 Å². The van der Waals surface area contributed by atoms with Gasteiger partial charge in [-0.1, -0.05) is 6.08 Å². The highest BCUT2D eigenvalue weighted by molar-refractivity contribution is 7.88. The van der Waals surface area contributed by atoms with E-state index in [9.17, 15) is 39.2 Å². The molecule has 0 saturated carbocycles. The molecule has 0 spiro atoms. The second kappa shape index (κ2) is 8.89. The molecule has 0 aliphatic carbocycles. The molecule has 0 N–H and O–H groups in total. The van der Waals surface area contributed by atoms with Gasteiger partial charge in [0.05, 0.1) is 18.0 Å². The minimum Gasteiger partial charge on any atom is -0.254 e. The van der Waals surface area contributed by atoms with Gasteiger partial charge in [0.2, 0.25) is 10.0 Å². The largest absolute Gasteiger partial charge is 0.459 e. The SMILES string of the molecule is CS(=O)(=O)N1CC=C(c2ccc(C3CC(C(F)(F)C(F)(F)F)=NN3c3ccc(F)cc3F)s2)CC1. The van der Waals surface area contributed by atoms with E-state index in [2.05, 4.69) is 5.10 Å². The molecule has 1 atom stereocenters. The Kier molecular flexibility index (Phi) is 6.51. The van der Waals surface area contributed by atoms with E-state index >= 15 is 0 Å². The number of thiophene rings is 1. The van der Waals surface area contributed by atoms with Gasteiger partial charge in [0.1, 0.15) is 11.5 Å². The number of rotatable bonds is 5. The number of nitrogens with zero attached hydrogens (tertiary/aromatic N) is 3. The molecule has 2 aliphatic rings. The Labute approximate surface area is 200 Å². The summed E-state index contributed by atoms with van der Waals surface area (Å²) in [6.07, 6.45) is -3.56. The normalized spacial score (nSPS) is 20.2. The van der Waals surface area contributed by atoms with Crippen LogP contribution in [-0.2, 0) is 10.0 Å². The van der Waals surface area contributed by atoms with Crippen molar-refractivity contribution in [2.75, 3.05) is 24.4 Å². The maximum Gasteiger partial charge on any atom is 0.459 e. The number of halogens is 7. The van der Waals surface area contributed by atoms with E-state index < -0.39 is 57.6 Å². The monoisotopic (exact) mass is 541 g/mol. The Morgan fingerprint density at radius 3 is 2.37 bits per heavy atom. The van der Waals surface area contributed by atoms with E-state index in [0.717, 1.165) is 40.3 Å². The lowest BCUT2D eigenvalue weighted by Gasteiger charge is -2.24. The lowest BCUT2D eigenvalue weighted by molar-refractivity contribution is -0.249. The summed E-state index contributed by atoms with van der Waals surface area (Å²) in [5, 5.41) is 4.16. The van der Waals surface area contributed by atoms with Crippen LogP contribution in [0.2, 0.25) is 0 Å². The van der Waals surface area contributed by atoms with Gasteiger partial charge in [-0.05, 0) is 36.3 Å². The van der Waals surface area contributed by atoms with Crippen LogP contribution in [0, 0.1) is 11.6 Å². The fourth-order valence-electron chi connectivity index (χ4n) is 3.85. The molecular formula is C21H18F7N3O2S2. The van der Waals surface area contributed by atoms with Gasteiger partial charge in [0.15, 0.2) is 5.82 Å². The standard InChI is InChI=1S/C21H18F7N3O2S2/c1-35(32,33)30-8-6-12(7-9-30)17-4-5-18(34-17)16-11-19(20(24,25)21(26,27)28)29-31(16)15-3-2-13(22)10-14(15)23/h2-6,10,16H,7-9,11H2,1H3.